The zero-order chi connectivity index (χ0) is 14.2. The molecule has 98 valence electrons. The highest BCUT2D eigenvalue weighted by Gasteiger charge is 2.17. The van der Waals surface area contributed by atoms with Gasteiger partial charge < -0.3 is 15.3 Å². The summed E-state index contributed by atoms with van der Waals surface area (Å²) in [5, 5.41) is 28.7. The lowest BCUT2D eigenvalue weighted by molar-refractivity contribution is 0.103. The van der Waals surface area contributed by atoms with Crippen LogP contribution in [0.4, 0.5) is 0 Å². The maximum absolute atomic E-state index is 12.2. The van der Waals surface area contributed by atoms with Crippen LogP contribution in [0.2, 0.25) is 5.02 Å². The number of benzene rings is 2. The second kappa shape index (κ2) is 4.82. The Morgan fingerprint density at radius 3 is 2.32 bits per heavy atom. The van der Waals surface area contributed by atoms with Crippen molar-refractivity contribution in [1.82, 2.24) is 0 Å². The van der Waals surface area contributed by atoms with Crippen LogP contribution in [0, 0.1) is 6.92 Å². The summed E-state index contributed by atoms with van der Waals surface area (Å²) in [7, 11) is 0. The van der Waals surface area contributed by atoms with Gasteiger partial charge in [0.05, 0.1) is 10.6 Å². The number of carbonyl (C=O) groups excluding carboxylic acids is 1. The van der Waals surface area contributed by atoms with E-state index in [4.69, 9.17) is 11.6 Å². The third kappa shape index (κ3) is 2.35. The summed E-state index contributed by atoms with van der Waals surface area (Å²) >= 11 is 5.74. The number of hydrogen-bond acceptors (Lipinski definition) is 4. The lowest BCUT2D eigenvalue weighted by Gasteiger charge is -2.08. The Labute approximate surface area is 114 Å². The fourth-order valence-corrected chi connectivity index (χ4v) is 1.86. The Hall–Kier alpha value is -2.20. The average Bonchev–Trinajstić information content (AvgIpc) is 2.39. The Morgan fingerprint density at radius 2 is 1.68 bits per heavy atom. The summed E-state index contributed by atoms with van der Waals surface area (Å²) in [6.07, 6.45) is 0. The van der Waals surface area contributed by atoms with Crippen LogP contribution < -0.4 is 0 Å². The van der Waals surface area contributed by atoms with Gasteiger partial charge in [-0.3, -0.25) is 4.79 Å². The lowest BCUT2D eigenvalue weighted by atomic mass is 10.00. The molecule has 0 aromatic heterocycles. The van der Waals surface area contributed by atoms with Gasteiger partial charge in [0.1, 0.15) is 17.2 Å². The van der Waals surface area contributed by atoms with Crippen LogP contribution in [0.1, 0.15) is 21.5 Å². The first kappa shape index (κ1) is 13.2. The molecule has 0 saturated heterocycles. The zero-order valence-corrected chi connectivity index (χ0v) is 10.8. The van der Waals surface area contributed by atoms with E-state index >= 15 is 0 Å². The van der Waals surface area contributed by atoms with E-state index in [1.54, 1.807) is 0 Å². The third-order valence-electron chi connectivity index (χ3n) is 2.86. The Morgan fingerprint density at radius 1 is 1.05 bits per heavy atom. The molecule has 0 unspecified atom stereocenters. The van der Waals surface area contributed by atoms with Gasteiger partial charge in [-0.25, -0.2) is 0 Å². The molecular formula is C14H11ClO4. The minimum Gasteiger partial charge on any atom is -0.508 e. The van der Waals surface area contributed by atoms with Crippen LogP contribution >= 0.6 is 11.6 Å². The topological polar surface area (TPSA) is 77.8 Å². The molecule has 2 aromatic rings. The summed E-state index contributed by atoms with van der Waals surface area (Å²) in [5.41, 5.74) is 0.538. The normalized spacial score (nSPS) is 10.4. The second-order valence-corrected chi connectivity index (χ2v) is 4.51. The molecule has 0 fully saturated rings. The quantitative estimate of drug-likeness (QED) is 0.738. The molecule has 0 aliphatic carbocycles. The van der Waals surface area contributed by atoms with Crippen molar-refractivity contribution in [3.63, 3.8) is 0 Å². The molecule has 0 atom stereocenters. The van der Waals surface area contributed by atoms with E-state index in [9.17, 15) is 20.1 Å². The van der Waals surface area contributed by atoms with E-state index in [2.05, 4.69) is 0 Å². The van der Waals surface area contributed by atoms with Gasteiger partial charge in [0.25, 0.3) is 0 Å². The van der Waals surface area contributed by atoms with Gasteiger partial charge in [0.15, 0.2) is 5.78 Å². The number of aromatic hydroxyl groups is 3. The summed E-state index contributed by atoms with van der Waals surface area (Å²) in [4.78, 5) is 12.2. The monoisotopic (exact) mass is 278 g/mol. The first-order valence-corrected chi connectivity index (χ1v) is 5.84. The number of carbonyl (C=O) groups is 1. The molecule has 5 heteroatoms. The largest absolute Gasteiger partial charge is 0.508 e. The standard InChI is InChI=1S/C14H11ClO4/c1-7-11(16)5-3-9(13(7)18)14(19)8-2-4-12(17)10(15)6-8/h2-6,16-18H,1H3. The molecule has 0 radical (unpaired) electrons. The van der Waals surface area contributed by atoms with Gasteiger partial charge in [-0.1, -0.05) is 11.6 Å². The second-order valence-electron chi connectivity index (χ2n) is 4.10. The highest BCUT2D eigenvalue weighted by atomic mass is 35.5. The van der Waals surface area contributed by atoms with Crippen molar-refractivity contribution in [2.45, 2.75) is 6.92 Å². The third-order valence-corrected chi connectivity index (χ3v) is 3.16. The number of hydrogen-bond donors (Lipinski definition) is 3. The molecule has 0 aliphatic heterocycles. The van der Waals surface area contributed by atoms with Crippen molar-refractivity contribution in [2.75, 3.05) is 0 Å². The fraction of sp³-hybridized carbons (Fsp3) is 0.0714. The summed E-state index contributed by atoms with van der Waals surface area (Å²) < 4.78 is 0. The van der Waals surface area contributed by atoms with Crippen LogP contribution in [0.3, 0.4) is 0 Å². The van der Waals surface area contributed by atoms with E-state index in [-0.39, 0.29) is 39.0 Å². The Kier molecular flexibility index (Phi) is 3.36. The predicted octanol–water partition coefficient (Wildman–Crippen LogP) is 3.00. The van der Waals surface area contributed by atoms with E-state index < -0.39 is 5.78 Å². The molecule has 3 N–H and O–H groups in total. The average molecular weight is 279 g/mol. The molecule has 0 aliphatic rings. The summed E-state index contributed by atoms with van der Waals surface area (Å²) in [6.45, 7) is 1.51. The zero-order valence-electron chi connectivity index (χ0n) is 10.0. The first-order valence-electron chi connectivity index (χ1n) is 5.46. The molecule has 0 heterocycles. The molecule has 0 amide bonds. The van der Waals surface area contributed by atoms with Gasteiger partial charge >= 0.3 is 0 Å². The highest BCUT2D eigenvalue weighted by Crippen LogP contribution is 2.32. The van der Waals surface area contributed by atoms with Gasteiger partial charge in [-0.05, 0) is 37.3 Å². The first-order chi connectivity index (χ1) is 8.91. The van der Waals surface area contributed by atoms with Crippen molar-refractivity contribution in [3.8, 4) is 17.2 Å². The van der Waals surface area contributed by atoms with Crippen molar-refractivity contribution < 1.29 is 20.1 Å². The minimum absolute atomic E-state index is 0.0563. The van der Waals surface area contributed by atoms with E-state index in [0.29, 0.717) is 0 Å². The maximum atomic E-state index is 12.2. The van der Waals surface area contributed by atoms with Crippen LogP contribution in [0.15, 0.2) is 30.3 Å². The molecule has 2 rings (SSSR count). The smallest absolute Gasteiger partial charge is 0.196 e. The predicted molar refractivity (Wildman–Crippen MR) is 71.1 cm³/mol. The van der Waals surface area contributed by atoms with Gasteiger partial charge in [-0.15, -0.1) is 0 Å². The minimum atomic E-state index is -0.442. The summed E-state index contributed by atoms with van der Waals surface area (Å²) in [5.74, 6) is -0.918. The Bertz CT molecular complexity index is 665. The van der Waals surface area contributed by atoms with Crippen LogP contribution in [-0.2, 0) is 0 Å². The number of phenolic OH excluding ortho intramolecular Hbond substituents is 3. The van der Waals surface area contributed by atoms with E-state index in [1.165, 1.54) is 37.3 Å². The van der Waals surface area contributed by atoms with Crippen molar-refractivity contribution in [3.05, 3.63) is 52.0 Å². The number of phenols is 3. The lowest BCUT2D eigenvalue weighted by Crippen LogP contribution is -2.02. The van der Waals surface area contributed by atoms with Crippen molar-refractivity contribution in [2.24, 2.45) is 0 Å². The van der Waals surface area contributed by atoms with E-state index in [0.717, 1.165) is 0 Å². The SMILES string of the molecule is Cc1c(O)ccc(C(=O)c2ccc(O)c(Cl)c2)c1O. The molecule has 19 heavy (non-hydrogen) atoms. The highest BCUT2D eigenvalue weighted by molar-refractivity contribution is 6.32. The van der Waals surface area contributed by atoms with Crippen LogP contribution in [0.5, 0.6) is 17.2 Å². The van der Waals surface area contributed by atoms with Crippen LogP contribution in [-0.4, -0.2) is 21.1 Å². The van der Waals surface area contributed by atoms with Gasteiger partial charge in [0, 0.05) is 11.1 Å². The Balaban J connectivity index is 2.50. The van der Waals surface area contributed by atoms with Crippen LogP contribution in [0.25, 0.3) is 0 Å². The molecule has 2 aromatic carbocycles. The molecular weight excluding hydrogens is 268 g/mol. The van der Waals surface area contributed by atoms with Crippen molar-refractivity contribution >= 4 is 17.4 Å². The van der Waals surface area contributed by atoms with E-state index in [1.807, 2.05) is 0 Å². The van der Waals surface area contributed by atoms with Gasteiger partial charge in [0.2, 0.25) is 0 Å². The molecule has 0 spiro atoms. The number of halogens is 1. The molecule has 4 nitrogen and oxygen atoms in total. The van der Waals surface area contributed by atoms with Crippen molar-refractivity contribution in [1.29, 1.82) is 0 Å². The fourth-order valence-electron chi connectivity index (χ4n) is 1.68. The number of rotatable bonds is 2. The summed E-state index contributed by atoms with van der Waals surface area (Å²) in [6, 6.07) is 6.71. The van der Waals surface area contributed by atoms with Gasteiger partial charge in [-0.2, -0.15) is 0 Å². The number of ketones is 1. The molecule has 0 saturated carbocycles. The molecule has 0 bridgehead atoms. The maximum Gasteiger partial charge on any atom is 0.196 e.